The number of unbranched alkanes of at least 4 members (excludes halogenated alkanes) is 1. The highest BCUT2D eigenvalue weighted by Crippen LogP contribution is 2.23. The van der Waals surface area contributed by atoms with Crippen LogP contribution in [0.5, 0.6) is 0 Å². The van der Waals surface area contributed by atoms with Gasteiger partial charge in [-0.3, -0.25) is 14.4 Å². The first-order valence-corrected chi connectivity index (χ1v) is 9.29. The Morgan fingerprint density at radius 3 is 2.48 bits per heavy atom. The summed E-state index contributed by atoms with van der Waals surface area (Å²) >= 11 is 0. The van der Waals surface area contributed by atoms with Gasteiger partial charge in [0.15, 0.2) is 5.78 Å². The molecule has 27 heavy (non-hydrogen) atoms. The predicted molar refractivity (Wildman–Crippen MR) is 98.0 cm³/mol. The minimum atomic E-state index is -1.18. The minimum Gasteiger partial charge on any atom is -0.481 e. The molecule has 0 aromatic heterocycles. The topological polar surface area (TPSA) is 139 Å². The molecule has 1 aliphatic heterocycles. The van der Waals surface area contributed by atoms with Gasteiger partial charge in [0.25, 0.3) is 0 Å². The van der Waals surface area contributed by atoms with Crippen LogP contribution in [0.4, 0.5) is 4.79 Å². The first-order valence-electron chi connectivity index (χ1n) is 9.29. The van der Waals surface area contributed by atoms with Gasteiger partial charge in [-0.1, -0.05) is 6.42 Å². The summed E-state index contributed by atoms with van der Waals surface area (Å²) in [6.45, 7) is 5.62. The zero-order chi connectivity index (χ0) is 20.6. The second kappa shape index (κ2) is 10.2. The summed E-state index contributed by atoms with van der Waals surface area (Å²) in [4.78, 5) is 49.7. The summed E-state index contributed by atoms with van der Waals surface area (Å²) in [5.41, 5.74) is 4.73. The minimum absolute atomic E-state index is 0.208. The van der Waals surface area contributed by atoms with Crippen LogP contribution in [-0.4, -0.2) is 65.0 Å². The SMILES string of the molecule is CC(C)(C)OC(=O)NCC(=O)N1CCC[C@H]1C(=O)C(CCCCN)C(=O)O. The average molecular weight is 385 g/mol. The molecular weight excluding hydrogens is 354 g/mol. The Kier molecular flexibility index (Phi) is 8.68. The highest BCUT2D eigenvalue weighted by atomic mass is 16.6. The fraction of sp³-hybridized carbons (Fsp3) is 0.778. The fourth-order valence-electron chi connectivity index (χ4n) is 3.04. The molecule has 0 saturated carbocycles. The van der Waals surface area contributed by atoms with E-state index in [2.05, 4.69) is 5.32 Å². The molecule has 0 radical (unpaired) electrons. The van der Waals surface area contributed by atoms with Crippen LogP contribution >= 0.6 is 0 Å². The molecule has 2 atom stereocenters. The number of carboxylic acids is 1. The van der Waals surface area contributed by atoms with Crippen LogP contribution in [0, 0.1) is 5.92 Å². The van der Waals surface area contributed by atoms with Gasteiger partial charge >= 0.3 is 12.1 Å². The van der Waals surface area contributed by atoms with E-state index in [0.29, 0.717) is 38.8 Å². The Bertz CT molecular complexity index is 558. The van der Waals surface area contributed by atoms with Crippen LogP contribution in [0.15, 0.2) is 0 Å². The van der Waals surface area contributed by atoms with Gasteiger partial charge in [0.05, 0.1) is 6.04 Å². The number of aliphatic carboxylic acids is 1. The van der Waals surface area contributed by atoms with Crippen molar-refractivity contribution in [1.82, 2.24) is 10.2 Å². The number of alkyl carbamates (subject to hydrolysis) is 1. The molecule has 0 aliphatic carbocycles. The van der Waals surface area contributed by atoms with E-state index in [1.807, 2.05) is 0 Å². The second-order valence-electron chi connectivity index (χ2n) is 7.68. The number of Topliss-reactive ketones (excluding diaryl/α,β-unsaturated/α-hetero) is 1. The van der Waals surface area contributed by atoms with Crippen molar-refractivity contribution in [3.63, 3.8) is 0 Å². The lowest BCUT2D eigenvalue weighted by Crippen LogP contribution is -2.48. The third-order valence-corrected chi connectivity index (χ3v) is 4.27. The van der Waals surface area contributed by atoms with Crippen molar-refractivity contribution >= 4 is 23.8 Å². The lowest BCUT2D eigenvalue weighted by Gasteiger charge is -2.26. The average Bonchev–Trinajstić information content (AvgIpc) is 3.04. The lowest BCUT2D eigenvalue weighted by atomic mass is 9.91. The summed E-state index contributed by atoms with van der Waals surface area (Å²) in [7, 11) is 0. The van der Waals surface area contributed by atoms with E-state index in [-0.39, 0.29) is 13.0 Å². The van der Waals surface area contributed by atoms with Gasteiger partial charge in [-0.2, -0.15) is 0 Å². The van der Waals surface area contributed by atoms with Gasteiger partial charge in [0.2, 0.25) is 5.91 Å². The highest BCUT2D eigenvalue weighted by Gasteiger charge is 2.39. The Morgan fingerprint density at radius 2 is 1.93 bits per heavy atom. The van der Waals surface area contributed by atoms with Crippen LogP contribution in [0.3, 0.4) is 0 Å². The summed E-state index contributed by atoms with van der Waals surface area (Å²) in [6.07, 6.45) is 1.72. The zero-order valence-corrected chi connectivity index (χ0v) is 16.3. The maximum atomic E-state index is 12.7. The first-order chi connectivity index (χ1) is 12.6. The van der Waals surface area contributed by atoms with Crippen molar-refractivity contribution in [3.05, 3.63) is 0 Å². The summed E-state index contributed by atoms with van der Waals surface area (Å²) in [5.74, 6) is -3.21. The number of carbonyl (C=O) groups is 4. The van der Waals surface area contributed by atoms with Gasteiger partial charge in [0.1, 0.15) is 18.1 Å². The van der Waals surface area contributed by atoms with Crippen LogP contribution in [0.2, 0.25) is 0 Å². The van der Waals surface area contributed by atoms with Crippen molar-refractivity contribution < 1.29 is 29.0 Å². The molecule has 1 fully saturated rings. The maximum Gasteiger partial charge on any atom is 0.408 e. The van der Waals surface area contributed by atoms with Gasteiger partial charge < -0.3 is 25.8 Å². The van der Waals surface area contributed by atoms with Crippen LogP contribution in [-0.2, 0) is 19.1 Å². The quantitative estimate of drug-likeness (QED) is 0.396. The van der Waals surface area contributed by atoms with E-state index < -0.39 is 41.3 Å². The smallest absolute Gasteiger partial charge is 0.408 e. The van der Waals surface area contributed by atoms with Crippen LogP contribution < -0.4 is 11.1 Å². The van der Waals surface area contributed by atoms with Crippen molar-refractivity contribution in [2.75, 3.05) is 19.6 Å². The maximum absolute atomic E-state index is 12.7. The predicted octanol–water partition coefficient (Wildman–Crippen LogP) is 0.901. The number of hydrogen-bond acceptors (Lipinski definition) is 6. The standard InChI is InChI=1S/C18H31N3O6/c1-18(2,3)27-17(26)20-11-14(22)21-10-6-8-13(21)15(23)12(16(24)25)7-4-5-9-19/h12-13H,4-11,19H2,1-3H3,(H,20,26)(H,24,25)/t12?,13-/m0/s1. The number of rotatable bonds is 9. The number of ether oxygens (including phenoxy) is 1. The molecule has 1 unspecified atom stereocenters. The van der Waals surface area contributed by atoms with Gasteiger partial charge in [-0.05, 0) is 53.0 Å². The zero-order valence-electron chi connectivity index (χ0n) is 16.3. The van der Waals surface area contributed by atoms with Gasteiger partial charge in [-0.25, -0.2) is 4.79 Å². The van der Waals surface area contributed by atoms with Gasteiger partial charge in [0, 0.05) is 6.54 Å². The van der Waals surface area contributed by atoms with E-state index in [1.54, 1.807) is 20.8 Å². The Hall–Kier alpha value is -2.16. The Balaban J connectivity index is 2.67. The van der Waals surface area contributed by atoms with Crippen molar-refractivity contribution in [2.45, 2.75) is 64.5 Å². The van der Waals surface area contributed by atoms with Crippen molar-refractivity contribution in [2.24, 2.45) is 11.7 Å². The summed E-state index contributed by atoms with van der Waals surface area (Å²) in [5, 5.41) is 11.8. The Morgan fingerprint density at radius 1 is 1.26 bits per heavy atom. The van der Waals surface area contributed by atoms with E-state index in [0.717, 1.165) is 0 Å². The second-order valence-corrected chi connectivity index (χ2v) is 7.68. The number of hydrogen-bond donors (Lipinski definition) is 3. The van der Waals surface area contributed by atoms with Crippen LogP contribution in [0.25, 0.3) is 0 Å². The Labute approximate surface area is 159 Å². The molecule has 0 aromatic carbocycles. The molecule has 4 N–H and O–H groups in total. The molecule has 9 nitrogen and oxygen atoms in total. The summed E-state index contributed by atoms with van der Waals surface area (Å²) < 4.78 is 5.07. The normalized spacial score (nSPS) is 18.1. The molecule has 1 aliphatic rings. The number of likely N-dealkylation sites (tertiary alicyclic amines) is 1. The lowest BCUT2D eigenvalue weighted by molar-refractivity contribution is -0.150. The van der Waals surface area contributed by atoms with E-state index in [4.69, 9.17) is 10.5 Å². The highest BCUT2D eigenvalue weighted by molar-refractivity contribution is 6.02. The molecule has 154 valence electrons. The number of ketones is 1. The van der Waals surface area contributed by atoms with Gasteiger partial charge in [-0.15, -0.1) is 0 Å². The van der Waals surface area contributed by atoms with E-state index in [9.17, 15) is 24.3 Å². The molecule has 9 heteroatoms. The molecule has 1 saturated heterocycles. The number of nitrogens with two attached hydrogens (primary N) is 1. The monoisotopic (exact) mass is 385 g/mol. The number of amides is 2. The number of nitrogens with zero attached hydrogens (tertiary/aromatic N) is 1. The molecule has 1 heterocycles. The molecule has 0 aromatic rings. The largest absolute Gasteiger partial charge is 0.481 e. The number of carboxylic acid groups (broad SMARTS) is 1. The van der Waals surface area contributed by atoms with E-state index >= 15 is 0 Å². The molecular formula is C18H31N3O6. The fourth-order valence-corrected chi connectivity index (χ4v) is 3.04. The molecule has 0 bridgehead atoms. The first kappa shape index (κ1) is 22.9. The third-order valence-electron chi connectivity index (χ3n) is 4.27. The van der Waals surface area contributed by atoms with Crippen molar-refractivity contribution in [3.8, 4) is 0 Å². The molecule has 2 amide bonds. The number of nitrogens with one attached hydrogen (secondary N) is 1. The molecule has 0 spiro atoms. The summed E-state index contributed by atoms with van der Waals surface area (Å²) in [6, 6.07) is -0.767. The molecule has 1 rings (SSSR count). The van der Waals surface area contributed by atoms with E-state index in [1.165, 1.54) is 4.90 Å². The number of carbonyl (C=O) groups excluding carboxylic acids is 3. The van der Waals surface area contributed by atoms with Crippen molar-refractivity contribution in [1.29, 1.82) is 0 Å². The third kappa shape index (κ3) is 7.54. The van der Waals surface area contributed by atoms with Crippen LogP contribution in [0.1, 0.15) is 52.9 Å².